The van der Waals surface area contributed by atoms with Crippen molar-refractivity contribution in [1.82, 2.24) is 4.98 Å². The van der Waals surface area contributed by atoms with Crippen LogP contribution in [0, 0.1) is 0 Å². The summed E-state index contributed by atoms with van der Waals surface area (Å²) in [5.74, 6) is -0.276. The number of fused-ring (bicyclic) bond motifs is 1. The average molecular weight is 350 g/mol. The molecule has 3 aromatic rings. The minimum atomic E-state index is -0.276. The van der Waals surface area contributed by atoms with Crippen LogP contribution in [0.4, 0.5) is 17.1 Å². The maximum atomic E-state index is 12.4. The first-order chi connectivity index (χ1) is 12.2. The molecule has 0 aliphatic carbocycles. The van der Waals surface area contributed by atoms with Gasteiger partial charge in [0.2, 0.25) is 0 Å². The number of benzene rings is 2. The van der Waals surface area contributed by atoms with Crippen molar-refractivity contribution in [3.05, 3.63) is 83.1 Å². The zero-order valence-corrected chi connectivity index (χ0v) is 14.2. The molecule has 0 spiro atoms. The Balaban J connectivity index is 1.53. The van der Waals surface area contributed by atoms with Gasteiger partial charge in [-0.2, -0.15) is 0 Å². The Morgan fingerprint density at radius 1 is 1.04 bits per heavy atom. The first-order valence-electron chi connectivity index (χ1n) is 8.10. The van der Waals surface area contributed by atoms with Gasteiger partial charge in [0.05, 0.1) is 22.6 Å². The Hall–Kier alpha value is -2.85. The Morgan fingerprint density at radius 3 is 2.64 bits per heavy atom. The van der Waals surface area contributed by atoms with Gasteiger partial charge in [-0.05, 0) is 42.3 Å². The number of aromatic nitrogens is 1. The SMILES string of the molecule is O=C(Nc1ccccc1Cl)c1ccc(N2CCc3ccccc32)cn1. The largest absolute Gasteiger partial charge is 0.340 e. The first kappa shape index (κ1) is 15.7. The van der Waals surface area contributed by atoms with E-state index in [0.717, 1.165) is 18.7 Å². The lowest BCUT2D eigenvalue weighted by molar-refractivity contribution is 0.102. The van der Waals surface area contributed by atoms with Crippen molar-refractivity contribution in [2.45, 2.75) is 6.42 Å². The number of amides is 1. The Morgan fingerprint density at radius 2 is 1.84 bits per heavy atom. The lowest BCUT2D eigenvalue weighted by atomic mass is 10.2. The van der Waals surface area contributed by atoms with Crippen LogP contribution in [-0.2, 0) is 6.42 Å². The van der Waals surface area contributed by atoms with Gasteiger partial charge in [0.25, 0.3) is 5.91 Å². The van der Waals surface area contributed by atoms with Crippen LogP contribution < -0.4 is 10.2 Å². The van der Waals surface area contributed by atoms with Crippen molar-refractivity contribution < 1.29 is 4.79 Å². The molecule has 0 saturated heterocycles. The lowest BCUT2D eigenvalue weighted by Crippen LogP contribution is -2.16. The van der Waals surface area contributed by atoms with E-state index in [1.807, 2.05) is 24.3 Å². The minimum absolute atomic E-state index is 0.276. The number of halogens is 1. The Kier molecular flexibility index (Phi) is 4.12. The molecule has 25 heavy (non-hydrogen) atoms. The zero-order chi connectivity index (χ0) is 17.2. The van der Waals surface area contributed by atoms with Gasteiger partial charge in [0.15, 0.2) is 0 Å². The second-order valence-corrected chi connectivity index (χ2v) is 6.27. The van der Waals surface area contributed by atoms with E-state index in [2.05, 4.69) is 33.4 Å². The molecule has 124 valence electrons. The average Bonchev–Trinajstić information content (AvgIpc) is 3.08. The topological polar surface area (TPSA) is 45.2 Å². The van der Waals surface area contributed by atoms with Gasteiger partial charge < -0.3 is 10.2 Å². The molecule has 1 N–H and O–H groups in total. The summed E-state index contributed by atoms with van der Waals surface area (Å²) in [6.45, 7) is 0.923. The maximum Gasteiger partial charge on any atom is 0.274 e. The molecule has 5 heteroatoms. The lowest BCUT2D eigenvalue weighted by Gasteiger charge is -2.19. The summed E-state index contributed by atoms with van der Waals surface area (Å²) >= 11 is 6.07. The fourth-order valence-electron chi connectivity index (χ4n) is 3.04. The van der Waals surface area contributed by atoms with Crippen LogP contribution in [0.3, 0.4) is 0 Å². The van der Waals surface area contributed by atoms with Crippen LogP contribution in [0.25, 0.3) is 0 Å². The molecule has 2 heterocycles. The number of rotatable bonds is 3. The second kappa shape index (κ2) is 6.57. The molecule has 0 unspecified atom stereocenters. The maximum absolute atomic E-state index is 12.4. The Labute approximate surface area is 151 Å². The van der Waals surface area contributed by atoms with Crippen LogP contribution in [0.15, 0.2) is 66.9 Å². The van der Waals surface area contributed by atoms with E-state index in [-0.39, 0.29) is 5.91 Å². The molecule has 1 aliphatic rings. The standard InChI is InChI=1S/C20H16ClN3O/c21-16-6-2-3-7-17(16)23-20(25)18-10-9-15(13-22-18)24-12-11-14-5-1-4-8-19(14)24/h1-10,13H,11-12H2,(H,23,25). The summed E-state index contributed by atoms with van der Waals surface area (Å²) in [6.07, 6.45) is 2.76. The van der Waals surface area contributed by atoms with Gasteiger partial charge in [0.1, 0.15) is 5.69 Å². The van der Waals surface area contributed by atoms with E-state index < -0.39 is 0 Å². The van der Waals surface area contributed by atoms with E-state index in [4.69, 9.17) is 11.6 Å². The third kappa shape index (κ3) is 3.08. The molecule has 0 radical (unpaired) electrons. The van der Waals surface area contributed by atoms with E-state index in [0.29, 0.717) is 16.4 Å². The van der Waals surface area contributed by atoms with E-state index in [1.54, 1.807) is 24.4 Å². The molecule has 0 atom stereocenters. The molecular weight excluding hydrogens is 334 g/mol. The van der Waals surface area contributed by atoms with Crippen LogP contribution in [-0.4, -0.2) is 17.4 Å². The number of nitrogens with zero attached hydrogens (tertiary/aromatic N) is 2. The molecule has 0 saturated carbocycles. The smallest absolute Gasteiger partial charge is 0.274 e. The summed E-state index contributed by atoms with van der Waals surface area (Å²) < 4.78 is 0. The van der Waals surface area contributed by atoms with E-state index in [1.165, 1.54) is 11.3 Å². The number of anilines is 3. The molecular formula is C20H16ClN3O. The predicted octanol–water partition coefficient (Wildman–Crippen LogP) is 4.68. The number of carbonyl (C=O) groups is 1. The van der Waals surface area contributed by atoms with Gasteiger partial charge in [-0.3, -0.25) is 4.79 Å². The highest BCUT2D eigenvalue weighted by molar-refractivity contribution is 6.33. The normalized spacial score (nSPS) is 12.8. The molecule has 1 amide bonds. The van der Waals surface area contributed by atoms with Crippen molar-refractivity contribution in [1.29, 1.82) is 0 Å². The molecule has 2 aromatic carbocycles. The number of hydrogen-bond acceptors (Lipinski definition) is 3. The molecule has 4 nitrogen and oxygen atoms in total. The highest BCUT2D eigenvalue weighted by Gasteiger charge is 2.20. The summed E-state index contributed by atoms with van der Waals surface area (Å²) in [5, 5.41) is 3.29. The number of nitrogens with one attached hydrogen (secondary N) is 1. The molecule has 0 bridgehead atoms. The van der Waals surface area contributed by atoms with Gasteiger partial charge in [-0.1, -0.05) is 41.9 Å². The van der Waals surface area contributed by atoms with Crippen LogP contribution >= 0.6 is 11.6 Å². The molecule has 1 aromatic heterocycles. The number of carbonyl (C=O) groups excluding carboxylic acids is 1. The third-order valence-corrected chi connectivity index (χ3v) is 4.63. The summed E-state index contributed by atoms with van der Waals surface area (Å²) in [7, 11) is 0. The molecule has 0 fully saturated rings. The predicted molar refractivity (Wildman–Crippen MR) is 101 cm³/mol. The van der Waals surface area contributed by atoms with Crippen LogP contribution in [0.1, 0.15) is 16.1 Å². The first-order valence-corrected chi connectivity index (χ1v) is 8.47. The highest BCUT2D eigenvalue weighted by Crippen LogP contribution is 2.33. The van der Waals surface area contributed by atoms with Gasteiger partial charge in [0, 0.05) is 12.2 Å². The zero-order valence-electron chi connectivity index (χ0n) is 13.4. The fourth-order valence-corrected chi connectivity index (χ4v) is 3.22. The van der Waals surface area contributed by atoms with Crippen molar-refractivity contribution in [3.63, 3.8) is 0 Å². The van der Waals surface area contributed by atoms with Crippen LogP contribution in [0.2, 0.25) is 5.02 Å². The Bertz CT molecular complexity index is 924. The monoisotopic (exact) mass is 349 g/mol. The fraction of sp³-hybridized carbons (Fsp3) is 0.100. The molecule has 1 aliphatic heterocycles. The van der Waals surface area contributed by atoms with Gasteiger partial charge in [-0.15, -0.1) is 0 Å². The van der Waals surface area contributed by atoms with Crippen molar-refractivity contribution >= 4 is 34.6 Å². The van der Waals surface area contributed by atoms with E-state index >= 15 is 0 Å². The number of hydrogen-bond donors (Lipinski definition) is 1. The van der Waals surface area contributed by atoms with Crippen LogP contribution in [0.5, 0.6) is 0 Å². The second-order valence-electron chi connectivity index (χ2n) is 5.87. The van der Waals surface area contributed by atoms with Crippen molar-refractivity contribution in [3.8, 4) is 0 Å². The number of para-hydroxylation sites is 2. The number of pyridine rings is 1. The highest BCUT2D eigenvalue weighted by atomic mass is 35.5. The van der Waals surface area contributed by atoms with Gasteiger partial charge >= 0.3 is 0 Å². The summed E-state index contributed by atoms with van der Waals surface area (Å²) in [5.41, 5.74) is 4.46. The van der Waals surface area contributed by atoms with Crippen molar-refractivity contribution in [2.24, 2.45) is 0 Å². The third-order valence-electron chi connectivity index (χ3n) is 4.30. The minimum Gasteiger partial charge on any atom is -0.340 e. The summed E-state index contributed by atoms with van der Waals surface area (Å²) in [4.78, 5) is 18.9. The van der Waals surface area contributed by atoms with E-state index in [9.17, 15) is 4.79 Å². The molecule has 4 rings (SSSR count). The van der Waals surface area contributed by atoms with Crippen molar-refractivity contribution in [2.75, 3.05) is 16.8 Å². The summed E-state index contributed by atoms with van der Waals surface area (Å²) in [6, 6.07) is 19.2. The quantitative estimate of drug-likeness (QED) is 0.746. The van der Waals surface area contributed by atoms with Gasteiger partial charge in [-0.25, -0.2) is 4.98 Å².